The molecule has 0 spiro atoms. The summed E-state index contributed by atoms with van der Waals surface area (Å²) in [6.07, 6.45) is 0. The Hall–Kier alpha value is -2.40. The summed E-state index contributed by atoms with van der Waals surface area (Å²) in [5, 5.41) is 0. The molecule has 90 valence electrons. The average Bonchev–Trinajstić information content (AvgIpc) is 2.36. The van der Waals surface area contributed by atoms with E-state index in [9.17, 15) is 0 Å². The van der Waals surface area contributed by atoms with Crippen LogP contribution in [-0.4, -0.2) is 0 Å². The molecule has 4 N–H and O–H groups in total. The van der Waals surface area contributed by atoms with Crippen LogP contribution in [0.3, 0.4) is 0 Å². The monoisotopic (exact) mass is 236 g/mol. The van der Waals surface area contributed by atoms with Crippen LogP contribution in [0.25, 0.3) is 0 Å². The van der Waals surface area contributed by atoms with Gasteiger partial charge in [-0.05, 0) is 49.2 Å². The zero-order valence-electron chi connectivity index (χ0n) is 10.6. The quantitative estimate of drug-likeness (QED) is 0.546. The van der Waals surface area contributed by atoms with E-state index < -0.39 is 0 Å². The summed E-state index contributed by atoms with van der Waals surface area (Å²) in [7, 11) is 0. The molecule has 0 aliphatic rings. The Labute approximate surface area is 108 Å². The van der Waals surface area contributed by atoms with Gasteiger partial charge in [0.1, 0.15) is 0 Å². The zero-order valence-corrected chi connectivity index (χ0v) is 10.6. The van der Waals surface area contributed by atoms with E-state index >= 15 is 0 Å². The molecule has 0 aromatic heterocycles. The van der Waals surface area contributed by atoms with Crippen LogP contribution < -0.4 is 11.5 Å². The van der Waals surface area contributed by atoms with Crippen molar-refractivity contribution in [2.45, 2.75) is 13.8 Å². The van der Waals surface area contributed by atoms with Gasteiger partial charge in [-0.15, -0.1) is 0 Å². The van der Waals surface area contributed by atoms with Gasteiger partial charge in [-0.1, -0.05) is 24.0 Å². The van der Waals surface area contributed by atoms with Gasteiger partial charge in [0.15, 0.2) is 0 Å². The minimum absolute atomic E-state index is 0.770. The molecule has 2 rings (SSSR count). The van der Waals surface area contributed by atoms with Crippen LogP contribution in [0, 0.1) is 25.7 Å². The summed E-state index contributed by atoms with van der Waals surface area (Å²) >= 11 is 0. The first-order chi connectivity index (χ1) is 8.59. The number of nitrogen functional groups attached to an aromatic ring is 2. The first-order valence-corrected chi connectivity index (χ1v) is 5.82. The Morgan fingerprint density at radius 1 is 0.722 bits per heavy atom. The third-order valence-electron chi connectivity index (χ3n) is 3.08. The van der Waals surface area contributed by atoms with Crippen LogP contribution in [-0.2, 0) is 0 Å². The molecular formula is C16H16N2. The van der Waals surface area contributed by atoms with Gasteiger partial charge in [0, 0.05) is 22.5 Å². The maximum atomic E-state index is 5.86. The van der Waals surface area contributed by atoms with Crippen molar-refractivity contribution < 1.29 is 0 Å². The average molecular weight is 236 g/mol. The lowest BCUT2D eigenvalue weighted by Crippen LogP contribution is -1.93. The first kappa shape index (κ1) is 12.1. The molecule has 2 aromatic rings. The van der Waals surface area contributed by atoms with E-state index in [2.05, 4.69) is 11.8 Å². The van der Waals surface area contributed by atoms with E-state index in [0.29, 0.717) is 0 Å². The summed E-state index contributed by atoms with van der Waals surface area (Å²) in [4.78, 5) is 0. The number of benzene rings is 2. The topological polar surface area (TPSA) is 52.0 Å². The highest BCUT2D eigenvalue weighted by atomic mass is 14.6. The molecule has 0 unspecified atom stereocenters. The van der Waals surface area contributed by atoms with Gasteiger partial charge in [0.05, 0.1) is 0 Å². The lowest BCUT2D eigenvalue weighted by Gasteiger charge is -2.03. The fraction of sp³-hybridized carbons (Fsp3) is 0.125. The third kappa shape index (κ3) is 2.31. The van der Waals surface area contributed by atoms with Crippen LogP contribution in [0.15, 0.2) is 36.4 Å². The van der Waals surface area contributed by atoms with Gasteiger partial charge < -0.3 is 11.5 Å². The highest BCUT2D eigenvalue weighted by Crippen LogP contribution is 2.16. The Bertz CT molecular complexity index is 590. The van der Waals surface area contributed by atoms with E-state index in [4.69, 9.17) is 11.5 Å². The van der Waals surface area contributed by atoms with Gasteiger partial charge in [-0.25, -0.2) is 0 Å². The second kappa shape index (κ2) is 4.85. The number of hydrogen-bond donors (Lipinski definition) is 2. The summed E-state index contributed by atoms with van der Waals surface area (Å²) in [5.41, 5.74) is 17.2. The lowest BCUT2D eigenvalue weighted by molar-refractivity contribution is 1.42. The predicted molar refractivity (Wildman–Crippen MR) is 77.2 cm³/mol. The van der Waals surface area contributed by atoms with Gasteiger partial charge in [0.25, 0.3) is 0 Å². The Kier molecular flexibility index (Phi) is 3.25. The van der Waals surface area contributed by atoms with Crippen molar-refractivity contribution in [1.82, 2.24) is 0 Å². The highest BCUT2D eigenvalue weighted by Gasteiger charge is 1.99. The molecule has 0 bridgehead atoms. The molecule has 2 nitrogen and oxygen atoms in total. The predicted octanol–water partition coefficient (Wildman–Crippen LogP) is 2.87. The molecule has 0 aliphatic carbocycles. The molecule has 0 saturated heterocycles. The molecule has 0 fully saturated rings. The Morgan fingerprint density at radius 2 is 1.11 bits per heavy atom. The first-order valence-electron chi connectivity index (χ1n) is 5.82. The molecule has 2 heteroatoms. The van der Waals surface area contributed by atoms with Crippen molar-refractivity contribution in [3.05, 3.63) is 58.7 Å². The summed E-state index contributed by atoms with van der Waals surface area (Å²) in [5.74, 6) is 6.31. The normalized spacial score (nSPS) is 9.67. The number of rotatable bonds is 0. The van der Waals surface area contributed by atoms with E-state index in [1.54, 1.807) is 0 Å². The van der Waals surface area contributed by atoms with E-state index in [1.165, 1.54) is 0 Å². The van der Waals surface area contributed by atoms with Gasteiger partial charge >= 0.3 is 0 Å². The van der Waals surface area contributed by atoms with E-state index in [0.717, 1.165) is 33.6 Å². The fourth-order valence-electron chi connectivity index (χ4n) is 1.71. The molecule has 2 aromatic carbocycles. The summed E-state index contributed by atoms with van der Waals surface area (Å²) in [6, 6.07) is 11.5. The molecule has 0 aliphatic heterocycles. The molecule has 0 heterocycles. The van der Waals surface area contributed by atoms with E-state index in [-0.39, 0.29) is 0 Å². The Balaban J connectivity index is 2.44. The molecule has 0 saturated carbocycles. The lowest BCUT2D eigenvalue weighted by atomic mass is 10.0. The van der Waals surface area contributed by atoms with Gasteiger partial charge in [-0.2, -0.15) is 0 Å². The van der Waals surface area contributed by atoms with Crippen molar-refractivity contribution in [3.8, 4) is 11.8 Å². The largest absolute Gasteiger partial charge is 0.398 e. The zero-order chi connectivity index (χ0) is 13.1. The van der Waals surface area contributed by atoms with Crippen LogP contribution >= 0.6 is 0 Å². The van der Waals surface area contributed by atoms with Crippen molar-refractivity contribution in [2.75, 3.05) is 11.5 Å². The molecule has 0 atom stereocenters. The minimum atomic E-state index is 0.770. The fourth-order valence-corrected chi connectivity index (χ4v) is 1.71. The van der Waals surface area contributed by atoms with Crippen LogP contribution in [0.2, 0.25) is 0 Å². The minimum Gasteiger partial charge on any atom is -0.398 e. The maximum Gasteiger partial charge on any atom is 0.0356 e. The SMILES string of the molecule is Cc1c(N)cccc1C#Cc1cccc(N)c1C. The number of nitrogens with two attached hydrogens (primary N) is 2. The Morgan fingerprint density at radius 3 is 1.50 bits per heavy atom. The molecule has 0 amide bonds. The van der Waals surface area contributed by atoms with Gasteiger partial charge in [0.2, 0.25) is 0 Å². The summed E-state index contributed by atoms with van der Waals surface area (Å²) in [6.45, 7) is 3.96. The number of anilines is 2. The smallest absolute Gasteiger partial charge is 0.0356 e. The van der Waals surface area contributed by atoms with Crippen LogP contribution in [0.4, 0.5) is 11.4 Å². The second-order valence-corrected chi connectivity index (χ2v) is 4.29. The summed E-state index contributed by atoms with van der Waals surface area (Å²) < 4.78 is 0. The second-order valence-electron chi connectivity index (χ2n) is 4.29. The number of hydrogen-bond acceptors (Lipinski definition) is 2. The van der Waals surface area contributed by atoms with Crippen LogP contribution in [0.5, 0.6) is 0 Å². The highest BCUT2D eigenvalue weighted by molar-refractivity contribution is 5.60. The maximum absolute atomic E-state index is 5.86. The van der Waals surface area contributed by atoms with Crippen molar-refractivity contribution in [2.24, 2.45) is 0 Å². The van der Waals surface area contributed by atoms with Crippen LogP contribution in [0.1, 0.15) is 22.3 Å². The molecule has 18 heavy (non-hydrogen) atoms. The van der Waals surface area contributed by atoms with Gasteiger partial charge in [-0.3, -0.25) is 0 Å². The standard InChI is InChI=1S/C16H16N2/c1-11-13(5-3-7-15(11)17)9-10-14-6-4-8-16(18)12(14)2/h3-8H,17-18H2,1-2H3. The molecule has 0 radical (unpaired) electrons. The van der Waals surface area contributed by atoms with Crippen molar-refractivity contribution in [1.29, 1.82) is 0 Å². The molecular weight excluding hydrogens is 220 g/mol. The van der Waals surface area contributed by atoms with Crippen molar-refractivity contribution >= 4 is 11.4 Å². The van der Waals surface area contributed by atoms with Crippen molar-refractivity contribution in [3.63, 3.8) is 0 Å². The third-order valence-corrected chi connectivity index (χ3v) is 3.08. The van der Waals surface area contributed by atoms with E-state index in [1.807, 2.05) is 50.2 Å².